The molecule has 0 unspecified atom stereocenters. The Labute approximate surface area is 101 Å². The minimum atomic E-state index is -0.0399. The van der Waals surface area contributed by atoms with Gasteiger partial charge in [0.05, 0.1) is 5.56 Å². The highest BCUT2D eigenvalue weighted by Gasteiger charge is 2.08. The van der Waals surface area contributed by atoms with Crippen LogP contribution in [-0.4, -0.2) is 16.6 Å². The van der Waals surface area contributed by atoms with Crippen molar-refractivity contribution < 1.29 is 9.90 Å². The number of benzene rings is 1. The highest BCUT2D eigenvalue weighted by Crippen LogP contribution is 2.20. The third-order valence-corrected chi connectivity index (χ3v) is 2.51. The number of hydrogen-bond donors (Lipinski definition) is 2. The van der Waals surface area contributed by atoms with Gasteiger partial charge in [-0.1, -0.05) is 25.1 Å². The van der Waals surface area contributed by atoms with Crippen molar-refractivity contribution in [3.8, 4) is 5.75 Å². The number of carbonyl (C=O) groups is 1. The molecule has 3 heteroatoms. The molecule has 1 N–H and O–H groups in total. The Balaban J connectivity index is 2.93. The molecule has 0 fully saturated rings. The second kappa shape index (κ2) is 6.38. The number of aromatic hydroxyl groups is 1. The highest BCUT2D eigenvalue weighted by molar-refractivity contribution is 7.80. The summed E-state index contributed by atoms with van der Waals surface area (Å²) in [6.07, 6.45) is 5.22. The van der Waals surface area contributed by atoms with Crippen molar-refractivity contribution in [3.63, 3.8) is 0 Å². The maximum absolute atomic E-state index is 11.5. The Morgan fingerprint density at radius 3 is 2.88 bits per heavy atom. The molecule has 0 radical (unpaired) electrons. The molecule has 0 aliphatic heterocycles. The average Bonchev–Trinajstić information content (AvgIpc) is 2.30. The number of Topliss-reactive ketones (excluding diaryl/α,β-unsaturated/α-hetero) is 1. The van der Waals surface area contributed by atoms with E-state index in [-0.39, 0.29) is 11.5 Å². The number of phenolic OH excluding ortho intramolecular Hbond substituents is 1. The molecule has 0 heterocycles. The number of allylic oxidation sites excluding steroid dienone is 1. The van der Waals surface area contributed by atoms with Gasteiger partial charge >= 0.3 is 0 Å². The van der Waals surface area contributed by atoms with Crippen LogP contribution in [0, 0.1) is 0 Å². The van der Waals surface area contributed by atoms with Crippen molar-refractivity contribution >= 4 is 24.5 Å². The first-order valence-electron chi connectivity index (χ1n) is 5.32. The number of hydrogen-bond acceptors (Lipinski definition) is 3. The van der Waals surface area contributed by atoms with Crippen LogP contribution < -0.4 is 0 Å². The molecule has 0 atom stereocenters. The largest absolute Gasteiger partial charge is 0.507 e. The lowest BCUT2D eigenvalue weighted by Gasteiger charge is -2.03. The number of rotatable bonds is 5. The van der Waals surface area contributed by atoms with Crippen molar-refractivity contribution in [2.45, 2.75) is 19.8 Å². The molecule has 0 saturated carbocycles. The fourth-order valence-electron chi connectivity index (χ4n) is 1.37. The number of ketones is 1. The predicted octanol–water partition coefficient (Wildman–Crippen LogP) is 3.32. The molecule has 0 aliphatic rings. The quantitative estimate of drug-likeness (QED) is 0.608. The predicted molar refractivity (Wildman–Crippen MR) is 70.2 cm³/mol. The smallest absolute Gasteiger partial charge is 0.166 e. The Morgan fingerprint density at radius 1 is 1.50 bits per heavy atom. The molecule has 0 saturated heterocycles. The molecule has 1 aromatic carbocycles. The minimum Gasteiger partial charge on any atom is -0.507 e. The van der Waals surface area contributed by atoms with E-state index in [0.717, 1.165) is 17.7 Å². The van der Waals surface area contributed by atoms with E-state index in [0.29, 0.717) is 12.0 Å². The van der Waals surface area contributed by atoms with Gasteiger partial charge in [0.2, 0.25) is 0 Å². The van der Waals surface area contributed by atoms with Gasteiger partial charge in [0, 0.05) is 6.42 Å². The van der Waals surface area contributed by atoms with Gasteiger partial charge in [0.15, 0.2) is 5.78 Å². The van der Waals surface area contributed by atoms with E-state index in [9.17, 15) is 9.90 Å². The Bertz CT molecular complexity index is 397. The highest BCUT2D eigenvalue weighted by atomic mass is 32.1. The Kier molecular flexibility index (Phi) is 5.12. The molecule has 0 aromatic heterocycles. The molecule has 0 aliphatic carbocycles. The van der Waals surface area contributed by atoms with Crippen LogP contribution >= 0.6 is 12.6 Å². The van der Waals surface area contributed by atoms with Crippen LogP contribution in [0.4, 0.5) is 0 Å². The monoisotopic (exact) mass is 236 g/mol. The molecule has 2 nitrogen and oxygen atoms in total. The molecule has 1 aromatic rings. The molecule has 0 spiro atoms. The molecule has 0 amide bonds. The van der Waals surface area contributed by atoms with Gasteiger partial charge in [-0.05, 0) is 29.9 Å². The van der Waals surface area contributed by atoms with Crippen LogP contribution in [0.2, 0.25) is 0 Å². The summed E-state index contributed by atoms with van der Waals surface area (Å²) in [5.74, 6) is 0.815. The van der Waals surface area contributed by atoms with Crippen molar-refractivity contribution in [3.05, 3.63) is 35.4 Å². The fourth-order valence-corrected chi connectivity index (χ4v) is 1.51. The minimum absolute atomic E-state index is 0.0399. The van der Waals surface area contributed by atoms with E-state index in [1.807, 2.05) is 12.2 Å². The Hall–Kier alpha value is -1.22. The lowest BCUT2D eigenvalue weighted by atomic mass is 10.0. The zero-order valence-corrected chi connectivity index (χ0v) is 10.2. The summed E-state index contributed by atoms with van der Waals surface area (Å²) >= 11 is 4.11. The summed E-state index contributed by atoms with van der Waals surface area (Å²) in [6.45, 7) is 1.78. The van der Waals surface area contributed by atoms with Crippen LogP contribution in [0.15, 0.2) is 24.3 Å². The summed E-state index contributed by atoms with van der Waals surface area (Å²) in [7, 11) is 0. The van der Waals surface area contributed by atoms with Gasteiger partial charge < -0.3 is 5.11 Å². The number of carbonyl (C=O) groups excluding carboxylic acids is 1. The second-order valence-electron chi connectivity index (χ2n) is 3.47. The first-order chi connectivity index (χ1) is 7.69. The first kappa shape index (κ1) is 12.8. The molecule has 0 bridgehead atoms. The van der Waals surface area contributed by atoms with Crippen molar-refractivity contribution in [1.29, 1.82) is 0 Å². The summed E-state index contributed by atoms with van der Waals surface area (Å²) in [5.41, 5.74) is 1.33. The summed E-state index contributed by atoms with van der Waals surface area (Å²) in [4.78, 5) is 11.5. The zero-order valence-electron chi connectivity index (χ0n) is 9.31. The van der Waals surface area contributed by atoms with Gasteiger partial charge in [-0.25, -0.2) is 0 Å². The van der Waals surface area contributed by atoms with E-state index in [4.69, 9.17) is 0 Å². The lowest BCUT2D eigenvalue weighted by Crippen LogP contribution is -1.97. The SMILES string of the molecule is CCC(=O)c1cc(C=CCCS)ccc1O. The summed E-state index contributed by atoms with van der Waals surface area (Å²) in [5, 5.41) is 9.55. The number of phenols is 1. The van der Waals surface area contributed by atoms with E-state index >= 15 is 0 Å². The first-order valence-corrected chi connectivity index (χ1v) is 5.96. The van der Waals surface area contributed by atoms with Crippen LogP contribution in [0.25, 0.3) is 6.08 Å². The maximum atomic E-state index is 11.5. The molecule has 86 valence electrons. The van der Waals surface area contributed by atoms with Crippen LogP contribution in [-0.2, 0) is 0 Å². The van der Waals surface area contributed by atoms with Gasteiger partial charge in [-0.2, -0.15) is 12.6 Å². The van der Waals surface area contributed by atoms with Crippen LogP contribution in [0.5, 0.6) is 5.75 Å². The van der Waals surface area contributed by atoms with E-state index < -0.39 is 0 Å². The van der Waals surface area contributed by atoms with Gasteiger partial charge in [0.25, 0.3) is 0 Å². The lowest BCUT2D eigenvalue weighted by molar-refractivity contribution is 0.0985. The van der Waals surface area contributed by atoms with Gasteiger partial charge in [0.1, 0.15) is 5.75 Å². The molecule has 1 rings (SSSR count). The van der Waals surface area contributed by atoms with Crippen molar-refractivity contribution in [2.24, 2.45) is 0 Å². The summed E-state index contributed by atoms with van der Waals surface area (Å²) in [6, 6.07) is 5.07. The van der Waals surface area contributed by atoms with E-state index in [1.54, 1.807) is 25.1 Å². The Morgan fingerprint density at radius 2 is 2.25 bits per heavy atom. The standard InChI is InChI=1S/C13H16O2S/c1-2-12(14)11-9-10(5-3-4-8-16)6-7-13(11)15/h3,5-7,9,15-16H,2,4,8H2,1H3. The van der Waals surface area contributed by atoms with E-state index in [2.05, 4.69) is 12.6 Å². The number of thiol groups is 1. The van der Waals surface area contributed by atoms with Gasteiger partial charge in [-0.3, -0.25) is 4.79 Å². The third-order valence-electron chi connectivity index (χ3n) is 2.25. The molecular weight excluding hydrogens is 220 g/mol. The van der Waals surface area contributed by atoms with Crippen LogP contribution in [0.3, 0.4) is 0 Å². The van der Waals surface area contributed by atoms with Crippen LogP contribution in [0.1, 0.15) is 35.7 Å². The second-order valence-corrected chi connectivity index (χ2v) is 3.92. The van der Waals surface area contributed by atoms with Gasteiger partial charge in [-0.15, -0.1) is 0 Å². The van der Waals surface area contributed by atoms with E-state index in [1.165, 1.54) is 0 Å². The maximum Gasteiger partial charge on any atom is 0.166 e. The molecular formula is C13H16O2S. The average molecular weight is 236 g/mol. The van der Waals surface area contributed by atoms with Crippen molar-refractivity contribution in [1.82, 2.24) is 0 Å². The third kappa shape index (κ3) is 3.42. The molecule has 16 heavy (non-hydrogen) atoms. The van der Waals surface area contributed by atoms with Crippen molar-refractivity contribution in [2.75, 3.05) is 5.75 Å². The zero-order chi connectivity index (χ0) is 12.0. The fraction of sp³-hybridized carbons (Fsp3) is 0.308. The topological polar surface area (TPSA) is 37.3 Å². The normalized spacial score (nSPS) is 10.9. The summed E-state index contributed by atoms with van der Waals surface area (Å²) < 4.78 is 0.